The monoisotopic (exact) mass is 212 g/mol. The van der Waals surface area contributed by atoms with Crippen LogP contribution in [0.25, 0.3) is 0 Å². The van der Waals surface area contributed by atoms with Crippen molar-refractivity contribution in [2.75, 3.05) is 19.6 Å². The van der Waals surface area contributed by atoms with Crippen LogP contribution in [-0.4, -0.2) is 36.5 Å². The predicted octanol–water partition coefficient (Wildman–Crippen LogP) is 1.63. The fourth-order valence-electron chi connectivity index (χ4n) is 1.65. The van der Waals surface area contributed by atoms with Gasteiger partial charge in [-0.2, -0.15) is 0 Å². The van der Waals surface area contributed by atoms with Gasteiger partial charge in [0.05, 0.1) is 0 Å². The zero-order chi connectivity index (χ0) is 11.3. The lowest BCUT2D eigenvalue weighted by Crippen LogP contribution is -2.35. The number of hydrogen-bond donors (Lipinski definition) is 1. The molecule has 1 aliphatic carbocycles. The minimum Gasteiger partial charge on any atom is -0.343 e. The minimum atomic E-state index is 0.303. The number of amides is 1. The fraction of sp³-hybridized carbons (Fsp3) is 0.917. The van der Waals surface area contributed by atoms with E-state index >= 15 is 0 Å². The Morgan fingerprint density at radius 1 is 1.47 bits per heavy atom. The molecule has 1 N–H and O–H groups in total. The quantitative estimate of drug-likeness (QED) is 0.695. The van der Waals surface area contributed by atoms with Gasteiger partial charge in [0.1, 0.15) is 0 Å². The third kappa shape index (κ3) is 5.17. The first kappa shape index (κ1) is 12.5. The summed E-state index contributed by atoms with van der Waals surface area (Å²) in [5.74, 6) is 1.10. The molecule has 1 aliphatic rings. The Kier molecular flexibility index (Phi) is 5.09. The van der Waals surface area contributed by atoms with Crippen LogP contribution >= 0.6 is 0 Å². The van der Waals surface area contributed by atoms with Gasteiger partial charge >= 0.3 is 0 Å². The van der Waals surface area contributed by atoms with Crippen LogP contribution in [0.5, 0.6) is 0 Å². The van der Waals surface area contributed by atoms with Gasteiger partial charge in [0.2, 0.25) is 5.91 Å². The van der Waals surface area contributed by atoms with Crippen molar-refractivity contribution in [1.82, 2.24) is 10.2 Å². The van der Waals surface area contributed by atoms with E-state index in [0.29, 0.717) is 18.4 Å². The molecule has 0 aromatic heterocycles. The maximum Gasteiger partial charge on any atom is 0.223 e. The lowest BCUT2D eigenvalue weighted by atomic mass is 10.3. The van der Waals surface area contributed by atoms with Crippen molar-refractivity contribution in [2.24, 2.45) is 5.92 Å². The normalized spacial score (nSPS) is 15.7. The van der Waals surface area contributed by atoms with Crippen LogP contribution in [-0.2, 0) is 4.79 Å². The van der Waals surface area contributed by atoms with E-state index in [1.54, 1.807) is 0 Å². The molecule has 3 heteroatoms. The lowest BCUT2D eigenvalue weighted by molar-refractivity contribution is -0.131. The van der Waals surface area contributed by atoms with E-state index in [1.165, 1.54) is 12.8 Å². The van der Waals surface area contributed by atoms with E-state index in [2.05, 4.69) is 26.1 Å². The number of nitrogens with zero attached hydrogens (tertiary/aromatic N) is 1. The summed E-state index contributed by atoms with van der Waals surface area (Å²) in [6.45, 7) is 8.92. The van der Waals surface area contributed by atoms with Crippen LogP contribution in [0.15, 0.2) is 0 Å². The van der Waals surface area contributed by atoms with Crippen LogP contribution in [0, 0.1) is 5.92 Å². The molecule has 88 valence electrons. The molecule has 0 spiro atoms. The van der Waals surface area contributed by atoms with Gasteiger partial charge in [0, 0.05) is 32.1 Å². The van der Waals surface area contributed by atoms with Crippen molar-refractivity contribution in [3.05, 3.63) is 0 Å². The maximum atomic E-state index is 11.8. The second kappa shape index (κ2) is 6.11. The molecule has 0 atom stereocenters. The third-order valence-corrected chi connectivity index (χ3v) is 2.80. The largest absolute Gasteiger partial charge is 0.343 e. The molecular weight excluding hydrogens is 188 g/mol. The molecule has 0 saturated heterocycles. The number of carbonyl (C=O) groups is 1. The standard InChI is InChI=1S/C12H24N2O/c1-4-14(9-11-5-6-11)12(15)7-8-13-10(2)3/h10-11,13H,4-9H2,1-3H3. The molecule has 1 amide bonds. The summed E-state index contributed by atoms with van der Waals surface area (Å²) in [6, 6.07) is 0.469. The zero-order valence-electron chi connectivity index (χ0n) is 10.3. The summed E-state index contributed by atoms with van der Waals surface area (Å²) >= 11 is 0. The summed E-state index contributed by atoms with van der Waals surface area (Å²) in [6.07, 6.45) is 3.26. The van der Waals surface area contributed by atoms with Gasteiger partial charge in [-0.3, -0.25) is 4.79 Å². The van der Waals surface area contributed by atoms with Crippen molar-refractivity contribution in [3.63, 3.8) is 0 Å². The molecule has 15 heavy (non-hydrogen) atoms. The van der Waals surface area contributed by atoms with Crippen molar-refractivity contribution >= 4 is 5.91 Å². The van der Waals surface area contributed by atoms with Crippen LogP contribution in [0.4, 0.5) is 0 Å². The Morgan fingerprint density at radius 2 is 2.13 bits per heavy atom. The summed E-state index contributed by atoms with van der Waals surface area (Å²) in [5.41, 5.74) is 0. The average molecular weight is 212 g/mol. The number of nitrogens with one attached hydrogen (secondary N) is 1. The molecule has 0 unspecified atom stereocenters. The molecule has 0 aliphatic heterocycles. The molecule has 0 bridgehead atoms. The smallest absolute Gasteiger partial charge is 0.223 e. The highest BCUT2D eigenvalue weighted by Crippen LogP contribution is 2.29. The molecular formula is C12H24N2O. The fourth-order valence-corrected chi connectivity index (χ4v) is 1.65. The lowest BCUT2D eigenvalue weighted by Gasteiger charge is -2.21. The van der Waals surface area contributed by atoms with Gasteiger partial charge in [-0.25, -0.2) is 0 Å². The van der Waals surface area contributed by atoms with Gasteiger partial charge in [-0.1, -0.05) is 13.8 Å². The predicted molar refractivity (Wildman–Crippen MR) is 62.7 cm³/mol. The molecule has 0 heterocycles. The van der Waals surface area contributed by atoms with E-state index < -0.39 is 0 Å². The highest BCUT2D eigenvalue weighted by molar-refractivity contribution is 5.76. The van der Waals surface area contributed by atoms with E-state index in [1.807, 2.05) is 4.90 Å². The topological polar surface area (TPSA) is 32.3 Å². The molecule has 0 radical (unpaired) electrons. The van der Waals surface area contributed by atoms with Gasteiger partial charge < -0.3 is 10.2 Å². The second-order valence-electron chi connectivity index (χ2n) is 4.73. The summed E-state index contributed by atoms with van der Waals surface area (Å²) < 4.78 is 0. The Labute approximate surface area is 93.2 Å². The van der Waals surface area contributed by atoms with E-state index in [9.17, 15) is 4.79 Å². The molecule has 1 fully saturated rings. The Morgan fingerprint density at radius 3 is 2.60 bits per heavy atom. The van der Waals surface area contributed by atoms with E-state index in [-0.39, 0.29) is 0 Å². The summed E-state index contributed by atoms with van der Waals surface area (Å²) in [4.78, 5) is 13.8. The van der Waals surface area contributed by atoms with Gasteiger partial charge in [0.25, 0.3) is 0 Å². The molecule has 1 rings (SSSR count). The third-order valence-electron chi connectivity index (χ3n) is 2.80. The Balaban J connectivity index is 2.16. The zero-order valence-corrected chi connectivity index (χ0v) is 10.3. The Hall–Kier alpha value is -0.570. The summed E-state index contributed by atoms with van der Waals surface area (Å²) in [5, 5.41) is 3.28. The van der Waals surface area contributed by atoms with E-state index in [0.717, 1.165) is 25.6 Å². The van der Waals surface area contributed by atoms with Crippen molar-refractivity contribution in [3.8, 4) is 0 Å². The number of carbonyl (C=O) groups excluding carboxylic acids is 1. The van der Waals surface area contributed by atoms with Crippen molar-refractivity contribution in [1.29, 1.82) is 0 Å². The molecule has 3 nitrogen and oxygen atoms in total. The van der Waals surface area contributed by atoms with Gasteiger partial charge in [-0.05, 0) is 25.7 Å². The van der Waals surface area contributed by atoms with Gasteiger partial charge in [-0.15, -0.1) is 0 Å². The molecule has 1 saturated carbocycles. The van der Waals surface area contributed by atoms with Gasteiger partial charge in [0.15, 0.2) is 0 Å². The average Bonchev–Trinajstić information content (AvgIpc) is 2.96. The summed E-state index contributed by atoms with van der Waals surface area (Å²) in [7, 11) is 0. The number of hydrogen-bond acceptors (Lipinski definition) is 2. The van der Waals surface area contributed by atoms with E-state index in [4.69, 9.17) is 0 Å². The highest BCUT2D eigenvalue weighted by Gasteiger charge is 2.25. The SMILES string of the molecule is CCN(CC1CC1)C(=O)CCNC(C)C. The van der Waals surface area contributed by atoms with Crippen LogP contribution in [0.2, 0.25) is 0 Å². The second-order valence-corrected chi connectivity index (χ2v) is 4.73. The van der Waals surface area contributed by atoms with Crippen LogP contribution < -0.4 is 5.32 Å². The van der Waals surface area contributed by atoms with Crippen LogP contribution in [0.3, 0.4) is 0 Å². The highest BCUT2D eigenvalue weighted by atomic mass is 16.2. The first-order chi connectivity index (χ1) is 7.13. The first-order valence-electron chi connectivity index (χ1n) is 6.14. The first-order valence-corrected chi connectivity index (χ1v) is 6.14. The maximum absolute atomic E-state index is 11.8. The molecule has 0 aromatic rings. The van der Waals surface area contributed by atoms with Crippen molar-refractivity contribution in [2.45, 2.75) is 46.1 Å². The molecule has 0 aromatic carbocycles. The van der Waals surface area contributed by atoms with Crippen LogP contribution in [0.1, 0.15) is 40.0 Å². The minimum absolute atomic E-state index is 0.303. The van der Waals surface area contributed by atoms with Crippen molar-refractivity contribution < 1.29 is 4.79 Å². The Bertz CT molecular complexity index is 200. The number of rotatable bonds is 7.